The number of rotatable bonds is 10. The average Bonchev–Trinajstić information content (AvgIpc) is 3.31. The maximum atomic E-state index is 14.0. The zero-order valence-corrected chi connectivity index (χ0v) is 22.1. The molecule has 4 aromatic carbocycles. The summed E-state index contributed by atoms with van der Waals surface area (Å²) in [4.78, 5) is 24.9. The normalized spacial score (nSPS) is 13.5. The maximum absolute atomic E-state index is 14.0. The highest BCUT2D eigenvalue weighted by atomic mass is 16.5. The molecule has 3 N–H and O–H groups in total. The molecular formula is C32H29NO7. The Morgan fingerprint density at radius 3 is 2.00 bits per heavy atom. The number of ether oxygens (including phenoxy) is 4. The van der Waals surface area contributed by atoms with Crippen LogP contribution in [0.4, 0.5) is 0 Å². The van der Waals surface area contributed by atoms with Crippen molar-refractivity contribution in [3.63, 3.8) is 0 Å². The number of carbonyl (C=O) groups is 2. The highest BCUT2D eigenvalue weighted by Gasteiger charge is 2.43. The van der Waals surface area contributed by atoms with Crippen molar-refractivity contribution < 1.29 is 33.6 Å². The molecule has 1 unspecified atom stereocenters. The van der Waals surface area contributed by atoms with Gasteiger partial charge in [0.1, 0.15) is 23.9 Å². The van der Waals surface area contributed by atoms with Gasteiger partial charge in [0.15, 0.2) is 12.1 Å². The van der Waals surface area contributed by atoms with Crippen LogP contribution in [-0.2, 0) is 19.9 Å². The van der Waals surface area contributed by atoms with E-state index in [4.69, 9.17) is 29.8 Å². The third-order valence-electron chi connectivity index (χ3n) is 7.17. The van der Waals surface area contributed by atoms with E-state index in [1.165, 1.54) is 14.2 Å². The van der Waals surface area contributed by atoms with Crippen LogP contribution in [0.25, 0.3) is 11.1 Å². The lowest BCUT2D eigenvalue weighted by Crippen LogP contribution is -2.47. The van der Waals surface area contributed by atoms with E-state index in [-0.39, 0.29) is 12.5 Å². The Morgan fingerprint density at radius 1 is 0.825 bits per heavy atom. The van der Waals surface area contributed by atoms with Crippen molar-refractivity contribution >= 4 is 11.9 Å². The number of hydrogen-bond donors (Lipinski definition) is 2. The first-order chi connectivity index (χ1) is 19.4. The van der Waals surface area contributed by atoms with Gasteiger partial charge in [0.2, 0.25) is 0 Å². The molecule has 0 heterocycles. The van der Waals surface area contributed by atoms with Gasteiger partial charge in [-0.25, -0.2) is 9.59 Å². The lowest BCUT2D eigenvalue weighted by molar-refractivity contribution is -0.149. The van der Waals surface area contributed by atoms with Crippen molar-refractivity contribution in [3.05, 3.63) is 113 Å². The summed E-state index contributed by atoms with van der Waals surface area (Å²) < 4.78 is 22.2. The van der Waals surface area contributed by atoms with E-state index in [0.717, 1.165) is 22.3 Å². The van der Waals surface area contributed by atoms with Crippen molar-refractivity contribution in [2.75, 3.05) is 27.4 Å². The minimum absolute atomic E-state index is 0.0874. The van der Waals surface area contributed by atoms with Crippen molar-refractivity contribution in [3.8, 4) is 28.4 Å². The summed E-state index contributed by atoms with van der Waals surface area (Å²) in [6, 6.07) is 27.5. The van der Waals surface area contributed by atoms with E-state index >= 15 is 0 Å². The number of hydrogen-bond acceptors (Lipinski definition) is 7. The molecule has 8 nitrogen and oxygen atoms in total. The summed E-state index contributed by atoms with van der Waals surface area (Å²) in [5.41, 5.74) is 10.4. The van der Waals surface area contributed by atoms with Crippen LogP contribution in [0.15, 0.2) is 91.0 Å². The largest absolute Gasteiger partial charge is 0.497 e. The molecule has 0 aliphatic heterocycles. The fraction of sp³-hybridized carbons (Fsp3) is 0.188. The van der Waals surface area contributed by atoms with Gasteiger partial charge in [0.05, 0.1) is 14.2 Å². The highest BCUT2D eigenvalue weighted by Crippen LogP contribution is 2.45. The molecule has 40 heavy (non-hydrogen) atoms. The monoisotopic (exact) mass is 539 g/mol. The van der Waals surface area contributed by atoms with Crippen LogP contribution in [0.3, 0.4) is 0 Å². The molecular weight excluding hydrogens is 510 g/mol. The van der Waals surface area contributed by atoms with Crippen LogP contribution in [0.5, 0.6) is 17.2 Å². The molecule has 1 atom stereocenters. The van der Waals surface area contributed by atoms with Crippen LogP contribution in [0.1, 0.15) is 28.2 Å². The average molecular weight is 540 g/mol. The predicted octanol–water partition coefficient (Wildman–Crippen LogP) is 4.73. The Kier molecular flexibility index (Phi) is 7.44. The molecule has 0 spiro atoms. The molecule has 0 bridgehead atoms. The summed E-state index contributed by atoms with van der Waals surface area (Å²) in [6.07, 6.45) is 0. The molecule has 4 aromatic rings. The smallest absolute Gasteiger partial charge is 0.341 e. The second kappa shape index (κ2) is 11.1. The van der Waals surface area contributed by atoms with E-state index in [0.29, 0.717) is 28.4 Å². The highest BCUT2D eigenvalue weighted by molar-refractivity contribution is 5.88. The number of carboxylic acid groups (broad SMARTS) is 1. The number of benzene rings is 4. The van der Waals surface area contributed by atoms with Crippen molar-refractivity contribution in [2.24, 2.45) is 5.73 Å². The van der Waals surface area contributed by atoms with Gasteiger partial charge in [0, 0.05) is 17.5 Å². The first-order valence-corrected chi connectivity index (χ1v) is 12.7. The second-order valence-corrected chi connectivity index (χ2v) is 9.41. The zero-order valence-electron chi connectivity index (χ0n) is 22.1. The molecule has 8 heteroatoms. The van der Waals surface area contributed by atoms with E-state index in [1.807, 2.05) is 36.4 Å². The van der Waals surface area contributed by atoms with Gasteiger partial charge in [-0.3, -0.25) is 0 Å². The Labute approximate surface area is 231 Å². The molecule has 5 rings (SSSR count). The Balaban J connectivity index is 1.51. The molecule has 0 saturated carbocycles. The Morgan fingerprint density at radius 2 is 1.43 bits per heavy atom. The number of aliphatic carboxylic acids is 1. The topological polar surface area (TPSA) is 117 Å². The first kappa shape index (κ1) is 26.8. The van der Waals surface area contributed by atoms with Crippen molar-refractivity contribution in [2.45, 2.75) is 11.5 Å². The van der Waals surface area contributed by atoms with Crippen molar-refractivity contribution in [1.29, 1.82) is 0 Å². The number of carboxylic acids is 1. The van der Waals surface area contributed by atoms with E-state index in [9.17, 15) is 9.59 Å². The summed E-state index contributed by atoms with van der Waals surface area (Å²) >= 11 is 0. The summed E-state index contributed by atoms with van der Waals surface area (Å²) in [5.74, 6) is -0.710. The molecule has 0 saturated heterocycles. The number of carbonyl (C=O) groups excluding carboxylic acids is 1. The van der Waals surface area contributed by atoms with Gasteiger partial charge in [-0.05, 0) is 52.1 Å². The minimum atomic E-state index is -1.76. The standard InChI is InChI=1S/C32H29NO7/c1-37-22-15-16-28(29(17-22)38-2)32(33,20-11-13-21(14-12-20)39-19-30(34)35)31(36)40-18-27-25-9-5-3-7-23(25)24-8-4-6-10-26(24)27/h3-17,27H,18-19,33H2,1-2H3,(H,34,35). The summed E-state index contributed by atoms with van der Waals surface area (Å²) in [5, 5.41) is 8.92. The summed E-state index contributed by atoms with van der Waals surface area (Å²) in [7, 11) is 3.02. The van der Waals surface area contributed by atoms with Gasteiger partial charge in [0.25, 0.3) is 0 Å². The van der Waals surface area contributed by atoms with Gasteiger partial charge in [-0.1, -0.05) is 60.7 Å². The second-order valence-electron chi connectivity index (χ2n) is 9.41. The predicted molar refractivity (Wildman–Crippen MR) is 149 cm³/mol. The number of fused-ring (bicyclic) bond motifs is 3. The molecule has 0 amide bonds. The van der Waals surface area contributed by atoms with E-state index in [1.54, 1.807) is 42.5 Å². The zero-order chi connectivity index (χ0) is 28.3. The van der Waals surface area contributed by atoms with Crippen LogP contribution in [0, 0.1) is 0 Å². The molecule has 1 aliphatic rings. The molecule has 0 aromatic heterocycles. The Bertz CT molecular complexity index is 1500. The number of nitrogens with two attached hydrogens (primary N) is 1. The van der Waals surface area contributed by atoms with E-state index in [2.05, 4.69) is 12.1 Å². The van der Waals surface area contributed by atoms with Crippen LogP contribution >= 0.6 is 0 Å². The van der Waals surface area contributed by atoms with Gasteiger partial charge in [-0.2, -0.15) is 0 Å². The molecule has 204 valence electrons. The van der Waals surface area contributed by atoms with Crippen molar-refractivity contribution in [1.82, 2.24) is 0 Å². The minimum Gasteiger partial charge on any atom is -0.497 e. The van der Waals surface area contributed by atoms with Crippen LogP contribution < -0.4 is 19.9 Å². The third-order valence-corrected chi connectivity index (χ3v) is 7.17. The van der Waals surface area contributed by atoms with Gasteiger partial charge < -0.3 is 29.8 Å². The first-order valence-electron chi connectivity index (χ1n) is 12.7. The summed E-state index contributed by atoms with van der Waals surface area (Å²) in [6.45, 7) is -0.407. The van der Waals surface area contributed by atoms with Crippen LogP contribution in [-0.4, -0.2) is 44.5 Å². The third kappa shape index (κ3) is 4.85. The fourth-order valence-corrected chi connectivity index (χ4v) is 5.18. The molecule has 0 fully saturated rings. The number of methoxy groups -OCH3 is 2. The quantitative estimate of drug-likeness (QED) is 0.278. The molecule has 0 radical (unpaired) electrons. The van der Waals surface area contributed by atoms with E-state index < -0.39 is 24.1 Å². The lowest BCUT2D eigenvalue weighted by atomic mass is 9.83. The lowest BCUT2D eigenvalue weighted by Gasteiger charge is -2.30. The number of esters is 1. The van der Waals surface area contributed by atoms with Gasteiger partial charge in [-0.15, -0.1) is 0 Å². The van der Waals surface area contributed by atoms with Gasteiger partial charge >= 0.3 is 11.9 Å². The fourth-order valence-electron chi connectivity index (χ4n) is 5.18. The molecule has 1 aliphatic carbocycles. The van der Waals surface area contributed by atoms with Crippen LogP contribution in [0.2, 0.25) is 0 Å². The SMILES string of the molecule is COc1ccc(C(N)(C(=O)OCC2c3ccccc3-c3ccccc32)c2ccc(OCC(=O)O)cc2)c(OC)c1. The maximum Gasteiger partial charge on any atom is 0.341 e. The Hall–Kier alpha value is -4.82.